The molecular formula is C47H59N5O10S5. The molecule has 0 radical (unpaired) electrons. The van der Waals surface area contributed by atoms with E-state index in [0.29, 0.717) is 0 Å². The van der Waals surface area contributed by atoms with Gasteiger partial charge >= 0.3 is 0 Å². The van der Waals surface area contributed by atoms with E-state index in [2.05, 4.69) is 0 Å². The Bertz CT molecular complexity index is 2870. The second kappa shape index (κ2) is 21.5. The van der Waals surface area contributed by atoms with Gasteiger partial charge in [-0.05, 0) is 108 Å². The van der Waals surface area contributed by atoms with E-state index >= 15 is 0 Å². The Hall–Kier alpha value is -4.35. The minimum Gasteiger partial charge on any atom is -0.207 e. The minimum atomic E-state index is -4.42. The molecule has 0 saturated carbocycles. The van der Waals surface area contributed by atoms with Crippen LogP contribution < -0.4 is 0 Å². The fraction of sp³-hybridized carbons (Fsp3) is 0.362. The van der Waals surface area contributed by atoms with Crippen LogP contribution in [0.3, 0.4) is 0 Å². The maximum Gasteiger partial charge on any atom is 0.243 e. The van der Waals surface area contributed by atoms with Gasteiger partial charge in [0.25, 0.3) is 0 Å². The summed E-state index contributed by atoms with van der Waals surface area (Å²) in [4.78, 5) is -0.307. The molecule has 1 aliphatic heterocycles. The number of hydrogen-bond acceptors (Lipinski definition) is 10. The summed E-state index contributed by atoms with van der Waals surface area (Å²) in [5.41, 5.74) is 4.03. The fourth-order valence-electron chi connectivity index (χ4n) is 7.57. The lowest BCUT2D eigenvalue weighted by atomic mass is 10.2. The third kappa shape index (κ3) is 12.5. The van der Waals surface area contributed by atoms with Crippen LogP contribution in [0.4, 0.5) is 0 Å². The third-order valence-corrected chi connectivity index (χ3v) is 21.3. The molecule has 362 valence electrons. The monoisotopic (exact) mass is 1010 g/mol. The molecule has 20 heteroatoms. The van der Waals surface area contributed by atoms with Crippen molar-refractivity contribution in [2.45, 2.75) is 71.9 Å². The highest BCUT2D eigenvalue weighted by atomic mass is 32.2. The number of hydrogen-bond donors (Lipinski definition) is 0. The minimum absolute atomic E-state index is 0.00818. The van der Waals surface area contributed by atoms with Gasteiger partial charge in [0.2, 0.25) is 50.1 Å². The van der Waals surface area contributed by atoms with Gasteiger partial charge < -0.3 is 0 Å². The van der Waals surface area contributed by atoms with Crippen molar-refractivity contribution < 1.29 is 42.1 Å². The Morgan fingerprint density at radius 1 is 0.239 bits per heavy atom. The lowest BCUT2D eigenvalue weighted by Gasteiger charge is -2.30. The lowest BCUT2D eigenvalue weighted by Crippen LogP contribution is -2.47. The average Bonchev–Trinajstić information content (AvgIpc) is 3.28. The predicted molar refractivity (Wildman–Crippen MR) is 259 cm³/mol. The van der Waals surface area contributed by atoms with Gasteiger partial charge in [-0.2, -0.15) is 21.5 Å². The molecule has 1 aliphatic rings. The smallest absolute Gasteiger partial charge is 0.207 e. The SMILES string of the molecule is Cc1ccc(S(=O)(=O)N2CCCN(S(=O)(=O)c3ccc(C)cc3)CCN(S(=O)(=O)c3ccc(C)cc3)CCN(S(=O)(=O)c3ccc(C)cc3)CCN(S(=O)(=O)c3ccc(C)cc3)CCC2)cc1. The molecule has 1 saturated heterocycles. The highest BCUT2D eigenvalue weighted by Gasteiger charge is 2.34. The largest absolute Gasteiger partial charge is 0.243 e. The van der Waals surface area contributed by atoms with Crippen molar-refractivity contribution in [3.8, 4) is 0 Å². The highest BCUT2D eigenvalue weighted by Crippen LogP contribution is 2.25. The second-order valence-corrected chi connectivity index (χ2v) is 26.5. The molecule has 15 nitrogen and oxygen atoms in total. The molecule has 0 atom stereocenters. The van der Waals surface area contributed by atoms with Gasteiger partial charge in [-0.25, -0.2) is 42.1 Å². The quantitative estimate of drug-likeness (QED) is 0.166. The number of nitrogens with zero attached hydrogens (tertiary/aromatic N) is 5. The Morgan fingerprint density at radius 3 is 0.537 bits per heavy atom. The summed E-state index contributed by atoms with van der Waals surface area (Å²) in [7, 11) is -21.7. The molecule has 0 N–H and O–H groups in total. The molecule has 6 rings (SSSR count). The van der Waals surface area contributed by atoms with E-state index in [1.807, 2.05) is 20.8 Å². The molecule has 0 amide bonds. The molecule has 1 fully saturated rings. The first-order chi connectivity index (χ1) is 31.5. The van der Waals surface area contributed by atoms with Gasteiger partial charge in [-0.15, -0.1) is 0 Å². The molecule has 0 bridgehead atoms. The first kappa shape index (κ1) is 52.0. The Balaban J connectivity index is 1.48. The van der Waals surface area contributed by atoms with Crippen LogP contribution in [-0.4, -0.2) is 129 Å². The molecule has 1 heterocycles. The van der Waals surface area contributed by atoms with Gasteiger partial charge in [0.05, 0.1) is 24.5 Å². The zero-order valence-electron chi connectivity index (χ0n) is 38.4. The van der Waals surface area contributed by atoms with Gasteiger partial charge in [-0.3, -0.25) is 0 Å². The van der Waals surface area contributed by atoms with Gasteiger partial charge in [0.15, 0.2) is 0 Å². The normalized spacial score (nSPS) is 17.5. The average molecular weight is 1010 g/mol. The molecule has 0 aliphatic carbocycles. The van der Waals surface area contributed by atoms with Crippen LogP contribution in [0.2, 0.25) is 0 Å². The molecule has 0 spiro atoms. The van der Waals surface area contributed by atoms with E-state index in [9.17, 15) is 42.1 Å². The van der Waals surface area contributed by atoms with Crippen molar-refractivity contribution in [1.82, 2.24) is 21.5 Å². The summed E-state index contributed by atoms with van der Waals surface area (Å²) >= 11 is 0. The van der Waals surface area contributed by atoms with Gasteiger partial charge in [0.1, 0.15) is 0 Å². The van der Waals surface area contributed by atoms with Crippen LogP contribution in [0.15, 0.2) is 146 Å². The zero-order chi connectivity index (χ0) is 48.8. The summed E-state index contributed by atoms with van der Waals surface area (Å²) in [6, 6.07) is 30.8. The van der Waals surface area contributed by atoms with Crippen LogP contribution in [0.5, 0.6) is 0 Å². The van der Waals surface area contributed by atoms with E-state index in [1.165, 1.54) is 65.0 Å². The van der Waals surface area contributed by atoms with Crippen LogP contribution in [0.25, 0.3) is 0 Å². The predicted octanol–water partition coefficient (Wildman–Crippen LogP) is 5.78. The van der Waals surface area contributed by atoms with Crippen molar-refractivity contribution in [3.05, 3.63) is 149 Å². The van der Waals surface area contributed by atoms with Crippen molar-refractivity contribution in [1.29, 1.82) is 0 Å². The lowest BCUT2D eigenvalue weighted by molar-refractivity contribution is 0.302. The molecule has 67 heavy (non-hydrogen) atoms. The fourth-order valence-corrected chi connectivity index (χ4v) is 14.9. The first-order valence-electron chi connectivity index (χ1n) is 21.9. The highest BCUT2D eigenvalue weighted by molar-refractivity contribution is 7.90. The number of rotatable bonds is 10. The second-order valence-electron chi connectivity index (χ2n) is 16.8. The van der Waals surface area contributed by atoms with Gasteiger partial charge in [0, 0.05) is 65.4 Å². The Kier molecular flexibility index (Phi) is 16.7. The number of sulfonamides is 5. The third-order valence-electron chi connectivity index (χ3n) is 11.7. The van der Waals surface area contributed by atoms with Crippen molar-refractivity contribution in [3.63, 3.8) is 0 Å². The van der Waals surface area contributed by atoms with Crippen LogP contribution in [-0.2, 0) is 50.1 Å². The van der Waals surface area contributed by atoms with Crippen molar-refractivity contribution in [2.24, 2.45) is 0 Å². The van der Waals surface area contributed by atoms with Crippen LogP contribution >= 0.6 is 0 Å². The maximum atomic E-state index is 14.6. The van der Waals surface area contributed by atoms with E-state index in [1.54, 1.807) is 74.5 Å². The summed E-state index contributed by atoms with van der Waals surface area (Å²) in [6.45, 7) is 5.76. The molecule has 5 aromatic carbocycles. The van der Waals surface area contributed by atoms with Gasteiger partial charge in [-0.1, -0.05) is 88.5 Å². The Morgan fingerprint density at radius 2 is 0.373 bits per heavy atom. The van der Waals surface area contributed by atoms with E-state index in [4.69, 9.17) is 0 Å². The van der Waals surface area contributed by atoms with Crippen molar-refractivity contribution >= 4 is 50.1 Å². The number of aryl methyl sites for hydroxylation is 5. The molecular weight excluding hydrogens is 955 g/mol. The standard InChI is InChI=1S/C47H59N5O10S5/c1-38-8-18-43(19-9-38)63(53,54)48-28-6-30-49(64(55,56)44-20-10-39(2)11-21-44)32-34-51(66(59,60)46-24-14-41(4)15-25-46)36-37-52(67(61,62)47-26-16-42(5)17-27-47)35-33-50(31-7-29-48)65(57,58)45-22-12-40(3)13-23-45/h8-27H,6-7,28-37H2,1-5H3. The summed E-state index contributed by atoms with van der Waals surface area (Å²) < 4.78 is 151. The Labute approximate surface area is 397 Å². The van der Waals surface area contributed by atoms with E-state index in [-0.39, 0.29) is 76.6 Å². The molecule has 0 unspecified atom stereocenters. The molecule has 0 aromatic heterocycles. The first-order valence-corrected chi connectivity index (χ1v) is 29.1. The maximum absolute atomic E-state index is 14.6. The van der Waals surface area contributed by atoms with Crippen LogP contribution in [0, 0.1) is 34.6 Å². The van der Waals surface area contributed by atoms with E-state index in [0.717, 1.165) is 45.0 Å². The number of benzene rings is 5. The zero-order valence-corrected chi connectivity index (χ0v) is 42.5. The van der Waals surface area contributed by atoms with Crippen LogP contribution in [0.1, 0.15) is 40.7 Å². The van der Waals surface area contributed by atoms with E-state index < -0.39 is 76.3 Å². The topological polar surface area (TPSA) is 187 Å². The summed E-state index contributed by atoms with van der Waals surface area (Å²) in [6.07, 6.45) is -0.0380. The molecule has 5 aromatic rings. The van der Waals surface area contributed by atoms with Crippen molar-refractivity contribution in [2.75, 3.05) is 65.4 Å². The summed E-state index contributed by atoms with van der Waals surface area (Å²) in [5, 5.41) is 0. The summed E-state index contributed by atoms with van der Waals surface area (Å²) in [5.74, 6) is 0.